The van der Waals surface area contributed by atoms with Gasteiger partial charge in [0.05, 0.1) is 19.3 Å². The van der Waals surface area contributed by atoms with Crippen molar-refractivity contribution in [3.05, 3.63) is 42.1 Å². The molecule has 0 spiro atoms. The van der Waals surface area contributed by atoms with Crippen molar-refractivity contribution in [3.8, 4) is 0 Å². The maximum absolute atomic E-state index is 9.41. The van der Waals surface area contributed by atoms with Gasteiger partial charge in [0.2, 0.25) is 0 Å². The van der Waals surface area contributed by atoms with Gasteiger partial charge in [-0.1, -0.05) is 24.3 Å². The third-order valence-corrected chi connectivity index (χ3v) is 2.54. The first-order valence-corrected chi connectivity index (χ1v) is 5.11. The van der Waals surface area contributed by atoms with E-state index in [0.717, 1.165) is 12.1 Å². The normalized spacial score (nSPS) is 16.3. The molecule has 0 fully saturated rings. The summed E-state index contributed by atoms with van der Waals surface area (Å²) in [5, 5.41) is 18.2. The second-order valence-electron chi connectivity index (χ2n) is 3.71. The zero-order chi connectivity index (χ0) is 10.7. The Hall–Kier alpha value is -1.32. The lowest BCUT2D eigenvalue weighted by molar-refractivity contribution is 0.101. The number of hydrogen-bond acceptors (Lipinski definition) is 3. The summed E-state index contributed by atoms with van der Waals surface area (Å²) in [5.41, 5.74) is 2.37. The average molecular weight is 205 g/mol. The summed E-state index contributed by atoms with van der Waals surface area (Å²) in [4.78, 5) is 1.97. The molecule has 0 saturated heterocycles. The van der Waals surface area contributed by atoms with Crippen LogP contribution in [0.2, 0.25) is 0 Å². The molecule has 1 heterocycles. The highest BCUT2D eigenvalue weighted by Crippen LogP contribution is 2.25. The Bertz CT molecular complexity index is 362. The summed E-state index contributed by atoms with van der Waals surface area (Å²) in [6, 6.07) is 8.11. The number of fused-ring (bicyclic) bond motifs is 1. The van der Waals surface area contributed by atoms with Crippen molar-refractivity contribution in [1.29, 1.82) is 0 Å². The minimum atomic E-state index is -0.694. The van der Waals surface area contributed by atoms with Crippen LogP contribution in [0.4, 0.5) is 5.69 Å². The fourth-order valence-electron chi connectivity index (χ4n) is 1.79. The van der Waals surface area contributed by atoms with Gasteiger partial charge < -0.3 is 15.1 Å². The van der Waals surface area contributed by atoms with Crippen LogP contribution in [0.25, 0.3) is 0 Å². The smallest absolute Gasteiger partial charge is 0.0949 e. The van der Waals surface area contributed by atoms with Crippen molar-refractivity contribution < 1.29 is 10.2 Å². The van der Waals surface area contributed by atoms with Crippen LogP contribution in [0.5, 0.6) is 0 Å². The number of allylic oxidation sites excluding steroid dienone is 1. The highest BCUT2D eigenvalue weighted by molar-refractivity contribution is 5.58. The van der Waals surface area contributed by atoms with Crippen LogP contribution >= 0.6 is 0 Å². The lowest BCUT2D eigenvalue weighted by atomic mass is 10.1. The van der Waals surface area contributed by atoms with E-state index in [9.17, 15) is 5.11 Å². The van der Waals surface area contributed by atoms with Crippen LogP contribution in [0.1, 0.15) is 5.56 Å². The van der Waals surface area contributed by atoms with Gasteiger partial charge in [-0.25, -0.2) is 0 Å². The van der Waals surface area contributed by atoms with Gasteiger partial charge in [-0.05, 0) is 18.1 Å². The van der Waals surface area contributed by atoms with Gasteiger partial charge >= 0.3 is 0 Å². The number of benzene rings is 1. The maximum Gasteiger partial charge on any atom is 0.0949 e. The van der Waals surface area contributed by atoms with E-state index in [1.165, 1.54) is 5.56 Å². The molecule has 2 N–H and O–H groups in total. The van der Waals surface area contributed by atoms with Crippen molar-refractivity contribution in [2.75, 3.05) is 18.1 Å². The predicted molar refractivity (Wildman–Crippen MR) is 59.7 cm³/mol. The molecule has 15 heavy (non-hydrogen) atoms. The molecule has 0 saturated carbocycles. The van der Waals surface area contributed by atoms with Crippen molar-refractivity contribution in [1.82, 2.24) is 0 Å². The Morgan fingerprint density at radius 2 is 2.13 bits per heavy atom. The van der Waals surface area contributed by atoms with E-state index in [1.807, 2.05) is 29.3 Å². The monoisotopic (exact) mass is 205 g/mol. The van der Waals surface area contributed by atoms with Crippen molar-refractivity contribution in [2.45, 2.75) is 12.5 Å². The van der Waals surface area contributed by atoms with Gasteiger partial charge in [-0.15, -0.1) is 0 Å². The molecule has 0 radical (unpaired) electrons. The standard InChI is InChI=1S/C12H15NO2/c14-9-11(15)8-13-7-3-5-10-4-1-2-6-12(10)13/h1-4,6-7,11,14-15H,5,8-9H2. The molecule has 80 valence electrons. The SMILES string of the molecule is OCC(O)CN1C=CCc2ccccc21. The summed E-state index contributed by atoms with van der Waals surface area (Å²) >= 11 is 0. The van der Waals surface area contributed by atoms with Gasteiger partial charge in [0.1, 0.15) is 0 Å². The summed E-state index contributed by atoms with van der Waals surface area (Å²) in [6.07, 6.45) is 4.26. The van der Waals surface area contributed by atoms with E-state index in [4.69, 9.17) is 5.11 Å². The minimum Gasteiger partial charge on any atom is -0.394 e. The quantitative estimate of drug-likeness (QED) is 0.771. The third-order valence-electron chi connectivity index (χ3n) is 2.54. The Kier molecular flexibility index (Phi) is 3.04. The van der Waals surface area contributed by atoms with E-state index in [0.29, 0.717) is 6.54 Å². The zero-order valence-electron chi connectivity index (χ0n) is 8.50. The number of anilines is 1. The van der Waals surface area contributed by atoms with Crippen molar-refractivity contribution in [3.63, 3.8) is 0 Å². The van der Waals surface area contributed by atoms with Crippen LogP contribution in [-0.2, 0) is 6.42 Å². The maximum atomic E-state index is 9.41. The average Bonchev–Trinajstić information content (AvgIpc) is 2.29. The van der Waals surface area contributed by atoms with Gasteiger partial charge in [0, 0.05) is 11.9 Å². The van der Waals surface area contributed by atoms with Gasteiger partial charge in [-0.2, -0.15) is 0 Å². The topological polar surface area (TPSA) is 43.7 Å². The summed E-state index contributed by atoms with van der Waals surface area (Å²) < 4.78 is 0. The summed E-state index contributed by atoms with van der Waals surface area (Å²) in [5.74, 6) is 0. The number of rotatable bonds is 3. The first-order valence-electron chi connectivity index (χ1n) is 5.11. The fraction of sp³-hybridized carbons (Fsp3) is 0.333. The van der Waals surface area contributed by atoms with Crippen LogP contribution < -0.4 is 4.90 Å². The molecule has 0 aliphatic carbocycles. The summed E-state index contributed by atoms with van der Waals surface area (Å²) in [6.45, 7) is 0.233. The molecule has 1 aromatic rings. The van der Waals surface area contributed by atoms with E-state index < -0.39 is 6.10 Å². The number of nitrogens with zero attached hydrogens (tertiary/aromatic N) is 1. The first kappa shape index (κ1) is 10.2. The number of para-hydroxylation sites is 1. The van der Waals surface area contributed by atoms with E-state index in [1.54, 1.807) is 0 Å². The molecule has 1 unspecified atom stereocenters. The van der Waals surface area contributed by atoms with E-state index in [-0.39, 0.29) is 6.61 Å². The minimum absolute atomic E-state index is 0.202. The molecule has 3 heteroatoms. The number of aliphatic hydroxyl groups excluding tert-OH is 2. The number of aliphatic hydroxyl groups is 2. The van der Waals surface area contributed by atoms with E-state index in [2.05, 4.69) is 12.1 Å². The van der Waals surface area contributed by atoms with E-state index >= 15 is 0 Å². The van der Waals surface area contributed by atoms with Crippen LogP contribution in [0, 0.1) is 0 Å². The van der Waals surface area contributed by atoms with Crippen molar-refractivity contribution in [2.24, 2.45) is 0 Å². The molecule has 0 amide bonds. The largest absolute Gasteiger partial charge is 0.394 e. The van der Waals surface area contributed by atoms with Crippen molar-refractivity contribution >= 4 is 5.69 Å². The fourth-order valence-corrected chi connectivity index (χ4v) is 1.79. The second-order valence-corrected chi connectivity index (χ2v) is 3.71. The third kappa shape index (κ3) is 2.19. The predicted octanol–water partition coefficient (Wildman–Crippen LogP) is 0.916. The number of hydrogen-bond donors (Lipinski definition) is 2. The molecule has 1 aliphatic heterocycles. The Labute approximate surface area is 89.3 Å². The second kappa shape index (κ2) is 4.47. The van der Waals surface area contributed by atoms with Gasteiger partial charge in [0.15, 0.2) is 0 Å². The van der Waals surface area contributed by atoms with Gasteiger partial charge in [0.25, 0.3) is 0 Å². The highest BCUT2D eigenvalue weighted by atomic mass is 16.3. The molecule has 1 aliphatic rings. The zero-order valence-corrected chi connectivity index (χ0v) is 8.50. The summed E-state index contributed by atoms with van der Waals surface area (Å²) in [7, 11) is 0. The lowest BCUT2D eigenvalue weighted by Crippen LogP contribution is -2.32. The van der Waals surface area contributed by atoms with Crippen LogP contribution in [-0.4, -0.2) is 29.5 Å². The molecule has 0 aromatic heterocycles. The lowest BCUT2D eigenvalue weighted by Gasteiger charge is -2.27. The van der Waals surface area contributed by atoms with Crippen LogP contribution in [0.15, 0.2) is 36.5 Å². The number of β-amino-alcohol motifs (C(OH)–C–C–N with tert-alkyl or cyclic N) is 1. The Balaban J connectivity index is 2.19. The Morgan fingerprint density at radius 3 is 2.93 bits per heavy atom. The van der Waals surface area contributed by atoms with Gasteiger partial charge in [-0.3, -0.25) is 0 Å². The first-order chi connectivity index (χ1) is 7.31. The van der Waals surface area contributed by atoms with Crippen LogP contribution in [0.3, 0.4) is 0 Å². The molecule has 3 nitrogen and oxygen atoms in total. The molecule has 2 rings (SSSR count). The molecular weight excluding hydrogens is 190 g/mol. The highest BCUT2D eigenvalue weighted by Gasteiger charge is 2.14. The molecule has 1 atom stereocenters. The molecule has 1 aromatic carbocycles. The Morgan fingerprint density at radius 1 is 1.33 bits per heavy atom. The molecular formula is C12H15NO2. The molecule has 0 bridgehead atoms.